The molecule has 0 radical (unpaired) electrons. The van der Waals surface area contributed by atoms with Gasteiger partial charge in [-0.15, -0.1) is 0 Å². The molecule has 1 aromatic heterocycles. The normalized spacial score (nSPS) is 15.4. The van der Waals surface area contributed by atoms with Crippen molar-refractivity contribution >= 4 is 0 Å². The molecule has 0 fully saturated rings. The summed E-state index contributed by atoms with van der Waals surface area (Å²) in [4.78, 5) is 0. The Morgan fingerprint density at radius 2 is 2.12 bits per heavy atom. The zero-order chi connectivity index (χ0) is 12.2. The Kier molecular flexibility index (Phi) is 4.46. The Labute approximate surface area is 96.0 Å². The first-order chi connectivity index (χ1) is 7.51. The van der Waals surface area contributed by atoms with Gasteiger partial charge in [0.25, 0.3) is 0 Å². The summed E-state index contributed by atoms with van der Waals surface area (Å²) >= 11 is 0. The summed E-state index contributed by atoms with van der Waals surface area (Å²) in [6, 6.07) is 1.94. The number of nitrogens with zero attached hydrogens (tertiary/aromatic N) is 2. The largest absolute Gasteiger partial charge is 0.385 e. The van der Waals surface area contributed by atoms with Crippen LogP contribution in [-0.4, -0.2) is 41.0 Å². The highest BCUT2D eigenvalue weighted by Crippen LogP contribution is 2.20. The van der Waals surface area contributed by atoms with E-state index in [-0.39, 0.29) is 0 Å². The number of hydrogen-bond acceptors (Lipinski definition) is 4. The number of methoxy groups -OCH3 is 2. The molecule has 5 heteroatoms. The van der Waals surface area contributed by atoms with E-state index in [1.165, 1.54) is 14.2 Å². The second-order valence-electron chi connectivity index (χ2n) is 4.11. The molecule has 1 unspecified atom stereocenters. The number of aromatic nitrogens is 2. The smallest absolute Gasteiger partial charge is 0.185 e. The fourth-order valence-corrected chi connectivity index (χ4v) is 1.75. The van der Waals surface area contributed by atoms with Crippen molar-refractivity contribution in [1.29, 1.82) is 0 Å². The van der Waals surface area contributed by atoms with E-state index in [1.54, 1.807) is 17.8 Å². The molecule has 0 saturated carbocycles. The van der Waals surface area contributed by atoms with Gasteiger partial charge >= 0.3 is 0 Å². The highest BCUT2D eigenvalue weighted by atomic mass is 16.7. The minimum atomic E-state index is -1.01. The first-order valence-electron chi connectivity index (χ1n) is 5.26. The predicted molar refractivity (Wildman–Crippen MR) is 60.0 cm³/mol. The van der Waals surface area contributed by atoms with Crippen LogP contribution in [0.4, 0.5) is 0 Å². The Hall–Kier alpha value is -0.910. The fraction of sp³-hybridized carbons (Fsp3) is 0.727. The quantitative estimate of drug-likeness (QED) is 0.729. The number of hydrogen-bond donors (Lipinski definition) is 1. The average molecular weight is 228 g/mol. The van der Waals surface area contributed by atoms with E-state index < -0.39 is 11.9 Å². The van der Waals surface area contributed by atoms with E-state index in [2.05, 4.69) is 5.10 Å². The Bertz CT molecular complexity index is 319. The average Bonchev–Trinajstić information content (AvgIpc) is 2.62. The summed E-state index contributed by atoms with van der Waals surface area (Å²) in [6.45, 7) is 1.71. The minimum Gasteiger partial charge on any atom is -0.385 e. The topological polar surface area (TPSA) is 56.5 Å². The maximum absolute atomic E-state index is 10.2. The van der Waals surface area contributed by atoms with Crippen LogP contribution in [0.5, 0.6) is 0 Å². The first kappa shape index (κ1) is 13.2. The second-order valence-corrected chi connectivity index (χ2v) is 4.11. The minimum absolute atomic E-state index is 0.554. The summed E-state index contributed by atoms with van der Waals surface area (Å²) in [7, 11) is 4.92. The van der Waals surface area contributed by atoms with Gasteiger partial charge in [0.05, 0.1) is 0 Å². The molecule has 1 atom stereocenters. The summed E-state index contributed by atoms with van der Waals surface area (Å²) in [5.41, 5.74) is 0.0690. The van der Waals surface area contributed by atoms with E-state index in [0.29, 0.717) is 6.42 Å². The van der Waals surface area contributed by atoms with Gasteiger partial charge in [0.2, 0.25) is 0 Å². The molecule has 0 spiro atoms. The maximum Gasteiger partial charge on any atom is 0.185 e. The Balaban J connectivity index is 2.56. The molecule has 92 valence electrons. The lowest BCUT2D eigenvalue weighted by Gasteiger charge is -2.30. The molecule has 0 aliphatic heterocycles. The fourth-order valence-electron chi connectivity index (χ4n) is 1.75. The monoisotopic (exact) mass is 228 g/mol. The van der Waals surface area contributed by atoms with Crippen molar-refractivity contribution in [3.63, 3.8) is 0 Å². The zero-order valence-electron chi connectivity index (χ0n) is 10.3. The third-order valence-electron chi connectivity index (χ3n) is 2.75. The molecular weight excluding hydrogens is 208 g/mol. The zero-order valence-corrected chi connectivity index (χ0v) is 10.3. The van der Waals surface area contributed by atoms with Crippen LogP contribution in [0.15, 0.2) is 12.3 Å². The number of ether oxygens (including phenoxy) is 2. The lowest BCUT2D eigenvalue weighted by Crippen LogP contribution is -2.42. The van der Waals surface area contributed by atoms with Gasteiger partial charge in [-0.1, -0.05) is 0 Å². The lowest BCUT2D eigenvalue weighted by molar-refractivity contribution is -0.210. The molecule has 0 amide bonds. The van der Waals surface area contributed by atoms with Crippen molar-refractivity contribution in [1.82, 2.24) is 9.78 Å². The van der Waals surface area contributed by atoms with Crippen molar-refractivity contribution in [2.45, 2.75) is 31.7 Å². The first-order valence-corrected chi connectivity index (χ1v) is 5.26. The van der Waals surface area contributed by atoms with Gasteiger partial charge in [-0.25, -0.2) is 0 Å². The standard InChI is InChI=1S/C11H20N2O3/c1-11(14,10(15-3)16-4)7-5-9-6-8-12-13(9)2/h6,8,10,14H,5,7H2,1-4H3. The van der Waals surface area contributed by atoms with E-state index in [1.807, 2.05) is 13.1 Å². The third kappa shape index (κ3) is 3.04. The van der Waals surface area contributed by atoms with E-state index in [9.17, 15) is 5.11 Å². The van der Waals surface area contributed by atoms with Crippen LogP contribution in [0.25, 0.3) is 0 Å². The summed E-state index contributed by atoms with van der Waals surface area (Å²) < 4.78 is 11.9. The molecule has 1 heterocycles. The van der Waals surface area contributed by atoms with Gasteiger partial charge in [0.15, 0.2) is 6.29 Å². The molecule has 0 bridgehead atoms. The van der Waals surface area contributed by atoms with Crippen molar-refractivity contribution < 1.29 is 14.6 Å². The Morgan fingerprint density at radius 3 is 2.56 bits per heavy atom. The summed E-state index contributed by atoms with van der Waals surface area (Å²) in [6.07, 6.45) is 2.42. The molecule has 0 saturated heterocycles. The van der Waals surface area contributed by atoms with E-state index >= 15 is 0 Å². The van der Waals surface area contributed by atoms with Crippen LogP contribution in [0.2, 0.25) is 0 Å². The van der Waals surface area contributed by atoms with Gasteiger partial charge in [0, 0.05) is 33.2 Å². The highest BCUT2D eigenvalue weighted by molar-refractivity contribution is 5.01. The number of aryl methyl sites for hydroxylation is 2. The molecule has 1 aromatic rings. The Morgan fingerprint density at radius 1 is 1.50 bits per heavy atom. The van der Waals surface area contributed by atoms with Crippen LogP contribution < -0.4 is 0 Å². The maximum atomic E-state index is 10.2. The van der Waals surface area contributed by atoms with Crippen molar-refractivity contribution in [2.24, 2.45) is 7.05 Å². The number of aliphatic hydroxyl groups is 1. The molecule has 5 nitrogen and oxygen atoms in total. The summed E-state index contributed by atoms with van der Waals surface area (Å²) in [5.74, 6) is 0. The molecule has 0 aromatic carbocycles. The van der Waals surface area contributed by atoms with Gasteiger partial charge in [-0.05, 0) is 25.8 Å². The van der Waals surface area contributed by atoms with Crippen LogP contribution in [0.1, 0.15) is 19.0 Å². The van der Waals surface area contributed by atoms with Crippen LogP contribution in [0.3, 0.4) is 0 Å². The van der Waals surface area contributed by atoms with Crippen LogP contribution >= 0.6 is 0 Å². The molecule has 1 N–H and O–H groups in total. The molecule has 0 aliphatic carbocycles. The van der Waals surface area contributed by atoms with Crippen LogP contribution in [0, 0.1) is 0 Å². The molecule has 0 aliphatic rings. The number of rotatable bonds is 6. The van der Waals surface area contributed by atoms with Gasteiger partial charge in [0.1, 0.15) is 5.60 Å². The SMILES string of the molecule is COC(OC)C(C)(O)CCc1ccnn1C. The third-order valence-corrected chi connectivity index (χ3v) is 2.75. The molecule has 16 heavy (non-hydrogen) atoms. The molecule has 1 rings (SSSR count). The second kappa shape index (κ2) is 5.43. The van der Waals surface area contributed by atoms with Gasteiger partial charge < -0.3 is 14.6 Å². The molecular formula is C11H20N2O3. The lowest BCUT2D eigenvalue weighted by atomic mass is 9.98. The van der Waals surface area contributed by atoms with Crippen molar-refractivity contribution in [2.75, 3.05) is 14.2 Å². The van der Waals surface area contributed by atoms with Crippen molar-refractivity contribution in [3.05, 3.63) is 18.0 Å². The predicted octanol–water partition coefficient (Wildman–Crippen LogP) is 0.723. The van der Waals surface area contributed by atoms with Crippen LogP contribution in [-0.2, 0) is 22.9 Å². The van der Waals surface area contributed by atoms with Gasteiger partial charge in [-0.3, -0.25) is 4.68 Å². The summed E-state index contributed by atoms with van der Waals surface area (Å²) in [5, 5.41) is 14.3. The van der Waals surface area contributed by atoms with E-state index in [0.717, 1.165) is 12.1 Å². The highest BCUT2D eigenvalue weighted by Gasteiger charge is 2.32. The van der Waals surface area contributed by atoms with Gasteiger partial charge in [-0.2, -0.15) is 5.10 Å². The van der Waals surface area contributed by atoms with Crippen molar-refractivity contribution in [3.8, 4) is 0 Å². The van der Waals surface area contributed by atoms with E-state index in [4.69, 9.17) is 9.47 Å².